The van der Waals surface area contributed by atoms with Crippen molar-refractivity contribution in [2.24, 2.45) is 11.8 Å². The van der Waals surface area contributed by atoms with E-state index < -0.39 is 22.9 Å². The highest BCUT2D eigenvalue weighted by Gasteiger charge is 2.36. The monoisotopic (exact) mass is 456 g/mol. The normalized spacial score (nSPS) is 15.9. The van der Waals surface area contributed by atoms with Crippen LogP contribution in [0.1, 0.15) is 79.1 Å². The zero-order valence-corrected chi connectivity index (χ0v) is 20.1. The van der Waals surface area contributed by atoms with Crippen LogP contribution >= 0.6 is 17.1 Å². The summed E-state index contributed by atoms with van der Waals surface area (Å²) in [6.07, 6.45) is 8.20. The maximum atomic E-state index is 11.3. The first-order valence-corrected chi connectivity index (χ1v) is 14.4. The molecule has 6 nitrogen and oxygen atoms in total. The Hall–Kier alpha value is -0.140. The van der Waals surface area contributed by atoms with E-state index in [-0.39, 0.29) is 0 Å². The molecule has 0 saturated carbocycles. The van der Waals surface area contributed by atoms with Crippen LogP contribution in [0.4, 0.5) is 0 Å². The van der Waals surface area contributed by atoms with Gasteiger partial charge in [-0.1, -0.05) is 66.2 Å². The fourth-order valence-corrected chi connectivity index (χ4v) is 7.22. The number of carbonyl (C=O) groups is 2. The van der Waals surface area contributed by atoms with Gasteiger partial charge in [-0.3, -0.25) is 9.59 Å². The van der Waals surface area contributed by atoms with Crippen molar-refractivity contribution < 1.29 is 28.8 Å². The molecule has 0 rings (SSSR count). The Morgan fingerprint density at radius 2 is 1.29 bits per heavy atom. The van der Waals surface area contributed by atoms with Crippen molar-refractivity contribution in [2.75, 3.05) is 13.2 Å². The third kappa shape index (κ3) is 11.8. The van der Waals surface area contributed by atoms with E-state index >= 15 is 0 Å². The molecule has 166 valence electrons. The molecule has 0 spiro atoms. The predicted molar refractivity (Wildman–Crippen MR) is 119 cm³/mol. The fraction of sp³-hybridized carbons (Fsp3) is 0.895. The Labute approximate surface area is 179 Å². The van der Waals surface area contributed by atoms with Crippen LogP contribution in [-0.2, 0) is 30.4 Å². The van der Waals surface area contributed by atoms with Gasteiger partial charge in [0.1, 0.15) is 0 Å². The molecule has 0 fully saturated rings. The van der Waals surface area contributed by atoms with Gasteiger partial charge in [0, 0.05) is 0 Å². The van der Waals surface area contributed by atoms with Crippen molar-refractivity contribution in [3.05, 3.63) is 0 Å². The molecule has 0 heterocycles. The van der Waals surface area contributed by atoms with Gasteiger partial charge in [-0.15, -0.1) is 0 Å². The summed E-state index contributed by atoms with van der Waals surface area (Å²) in [5.41, 5.74) is -3.09. The molecule has 0 saturated heterocycles. The average Bonchev–Trinajstić information content (AvgIpc) is 2.66. The van der Waals surface area contributed by atoms with E-state index in [4.69, 9.17) is 20.9 Å². The number of aliphatic carboxylic acids is 2. The molecule has 28 heavy (non-hydrogen) atoms. The molecule has 0 aromatic rings. The lowest BCUT2D eigenvalue weighted by atomic mass is 10.0. The van der Waals surface area contributed by atoms with E-state index in [2.05, 4.69) is 27.7 Å². The maximum absolute atomic E-state index is 11.3. The van der Waals surface area contributed by atoms with Gasteiger partial charge in [0.25, 0.3) is 0 Å². The maximum Gasteiger partial charge on any atom is 0.328 e. The van der Waals surface area contributed by atoms with Crippen LogP contribution in [0.2, 0.25) is 0 Å². The molecule has 9 heteroatoms. The summed E-state index contributed by atoms with van der Waals surface area (Å²) < 4.78 is 11.9. The summed E-state index contributed by atoms with van der Waals surface area (Å²) in [4.78, 5) is 22.7. The minimum Gasteiger partial charge on any atom is -0.480 e. The highest BCUT2D eigenvalue weighted by molar-refractivity contribution is 8.68. The summed E-state index contributed by atoms with van der Waals surface area (Å²) >= 11 is 6.22. The number of carboxylic acid groups (broad SMARTS) is 2. The molecule has 0 aliphatic heterocycles. The largest absolute Gasteiger partial charge is 0.480 e. The zero-order valence-electron chi connectivity index (χ0n) is 17.6. The van der Waals surface area contributed by atoms with E-state index in [1.165, 1.54) is 0 Å². The van der Waals surface area contributed by atoms with Crippen LogP contribution in [0.15, 0.2) is 0 Å². The van der Waals surface area contributed by atoms with Crippen molar-refractivity contribution in [3.63, 3.8) is 0 Å². The standard InChI is InChI=1S/C19H37O6PS2/c1-5-9-11-15(7-3)13-24-26(27,28-17(18(20)21)19(22)23)25-14-16(8-4)12-10-6-2/h15-17H,5-14H2,1-4H3,(H,20,21)(H,22,23). The Morgan fingerprint density at radius 1 is 0.893 bits per heavy atom. The van der Waals surface area contributed by atoms with E-state index in [1.807, 2.05) is 0 Å². The molecular weight excluding hydrogens is 419 g/mol. The second kappa shape index (κ2) is 15.7. The number of unbranched alkanes of at least 4 members (excludes halogenated alkanes) is 2. The van der Waals surface area contributed by atoms with Crippen LogP contribution in [-0.4, -0.2) is 40.6 Å². The SMILES string of the molecule is CCCCC(CC)COP(=S)(OCC(CC)CCCC)SC(C(=O)O)C(=O)O. The van der Waals surface area contributed by atoms with E-state index in [0.717, 1.165) is 51.4 Å². The Bertz CT molecular complexity index is 465. The first-order chi connectivity index (χ1) is 13.2. The first kappa shape index (κ1) is 27.9. The van der Waals surface area contributed by atoms with Crippen molar-refractivity contribution in [2.45, 2.75) is 84.3 Å². The predicted octanol–water partition coefficient (Wildman–Crippen LogP) is 5.95. The van der Waals surface area contributed by atoms with Gasteiger partial charge < -0.3 is 19.3 Å². The molecular formula is C19H37O6PS2. The van der Waals surface area contributed by atoms with Crippen LogP contribution in [0.25, 0.3) is 0 Å². The van der Waals surface area contributed by atoms with Crippen LogP contribution in [0.5, 0.6) is 0 Å². The second-order valence-corrected chi connectivity index (χ2v) is 13.3. The Morgan fingerprint density at radius 3 is 1.57 bits per heavy atom. The van der Waals surface area contributed by atoms with Crippen molar-refractivity contribution >= 4 is 40.8 Å². The second-order valence-electron chi connectivity index (χ2n) is 7.03. The average molecular weight is 457 g/mol. The van der Waals surface area contributed by atoms with E-state index in [0.29, 0.717) is 36.4 Å². The molecule has 0 amide bonds. The van der Waals surface area contributed by atoms with Gasteiger partial charge >= 0.3 is 11.9 Å². The molecule has 2 N–H and O–H groups in total. The summed E-state index contributed by atoms with van der Waals surface area (Å²) in [6.45, 7) is 9.16. The van der Waals surface area contributed by atoms with E-state index in [1.54, 1.807) is 0 Å². The smallest absolute Gasteiger partial charge is 0.328 e. The summed E-state index contributed by atoms with van der Waals surface area (Å²) in [6, 6.07) is 0. The third-order valence-electron chi connectivity index (χ3n) is 4.71. The summed E-state index contributed by atoms with van der Waals surface area (Å²) in [7, 11) is 0. The number of hydrogen-bond donors (Lipinski definition) is 2. The minimum atomic E-state index is -3.09. The Kier molecular flexibility index (Phi) is 15.6. The summed E-state index contributed by atoms with van der Waals surface area (Å²) in [5.74, 6) is -2.26. The van der Waals surface area contributed by atoms with Gasteiger partial charge in [-0.05, 0) is 47.9 Å². The lowest BCUT2D eigenvalue weighted by Crippen LogP contribution is -2.26. The lowest BCUT2D eigenvalue weighted by Gasteiger charge is -2.27. The molecule has 0 radical (unpaired) electrons. The lowest BCUT2D eigenvalue weighted by molar-refractivity contribution is -0.146. The van der Waals surface area contributed by atoms with E-state index in [9.17, 15) is 19.8 Å². The summed E-state index contributed by atoms with van der Waals surface area (Å²) in [5, 5.41) is 16.8. The van der Waals surface area contributed by atoms with Gasteiger partial charge in [0.15, 0.2) is 0 Å². The topological polar surface area (TPSA) is 93.1 Å². The number of rotatable bonds is 18. The quantitative estimate of drug-likeness (QED) is 0.193. The number of hydrogen-bond acceptors (Lipinski definition) is 6. The Balaban J connectivity index is 5.19. The highest BCUT2D eigenvalue weighted by atomic mass is 32.9. The van der Waals surface area contributed by atoms with Crippen molar-refractivity contribution in [1.29, 1.82) is 0 Å². The molecule has 0 bridgehead atoms. The molecule has 0 aromatic carbocycles. The van der Waals surface area contributed by atoms with Crippen LogP contribution in [0.3, 0.4) is 0 Å². The molecule has 2 atom stereocenters. The fourth-order valence-electron chi connectivity index (χ4n) is 2.61. The van der Waals surface area contributed by atoms with Crippen molar-refractivity contribution in [3.8, 4) is 0 Å². The molecule has 0 aliphatic carbocycles. The van der Waals surface area contributed by atoms with Gasteiger partial charge in [0.05, 0.1) is 13.2 Å². The van der Waals surface area contributed by atoms with Crippen molar-refractivity contribution in [1.82, 2.24) is 0 Å². The minimum absolute atomic E-state index is 0.307. The van der Waals surface area contributed by atoms with Gasteiger partial charge in [0.2, 0.25) is 10.9 Å². The molecule has 2 unspecified atom stereocenters. The molecule has 0 aliphatic rings. The zero-order chi connectivity index (χ0) is 21.6. The van der Waals surface area contributed by atoms with Gasteiger partial charge in [-0.25, -0.2) is 0 Å². The molecule has 0 aromatic heterocycles. The van der Waals surface area contributed by atoms with Crippen LogP contribution in [0, 0.1) is 11.8 Å². The van der Waals surface area contributed by atoms with Gasteiger partial charge in [-0.2, -0.15) is 0 Å². The first-order valence-electron chi connectivity index (χ1n) is 10.3. The highest BCUT2D eigenvalue weighted by Crippen LogP contribution is 2.63. The van der Waals surface area contributed by atoms with Crippen LogP contribution < -0.4 is 0 Å². The third-order valence-corrected chi connectivity index (χ3v) is 9.96. The number of carboxylic acids is 2.